The Balaban J connectivity index is 0. The van der Waals surface area contributed by atoms with Gasteiger partial charge in [-0.05, 0) is 40.3 Å². The van der Waals surface area contributed by atoms with Crippen LogP contribution in [0.2, 0.25) is 0 Å². The molecule has 1 N–H and O–H groups in total. The lowest BCUT2D eigenvalue weighted by atomic mass is 9.96. The van der Waals surface area contributed by atoms with Gasteiger partial charge in [-0.2, -0.15) is 0 Å². The number of unbranched alkanes of at least 4 members (excludes halogenated alkanes) is 6. The van der Waals surface area contributed by atoms with E-state index in [1.54, 1.807) is 6.92 Å². The lowest BCUT2D eigenvalue weighted by molar-refractivity contribution is -0.118. The van der Waals surface area contributed by atoms with E-state index < -0.39 is 0 Å². The van der Waals surface area contributed by atoms with Crippen molar-refractivity contribution in [3.8, 4) is 0 Å². The average molecular weight is 375 g/mol. The molecule has 0 spiro atoms. The number of hydrogen-bond donors (Lipinski definition) is 1. The van der Waals surface area contributed by atoms with Crippen LogP contribution in [0.3, 0.4) is 0 Å². The highest BCUT2D eigenvalue weighted by Gasteiger charge is 2.19. The molecule has 0 aliphatic carbocycles. The molecular weight excluding hydrogens is 332 g/mol. The van der Waals surface area contributed by atoms with Crippen molar-refractivity contribution in [2.75, 3.05) is 14.1 Å². The molecule has 0 aromatic heterocycles. The third-order valence-electron chi connectivity index (χ3n) is 4.79. The molecular formula is C21H43ClN2O. The predicted molar refractivity (Wildman–Crippen MR) is 114 cm³/mol. The molecule has 0 bridgehead atoms. The summed E-state index contributed by atoms with van der Waals surface area (Å²) in [6.07, 6.45) is 13.7. The highest BCUT2D eigenvalue weighted by molar-refractivity contribution is 5.92. The third-order valence-corrected chi connectivity index (χ3v) is 4.79. The monoisotopic (exact) mass is 374 g/mol. The molecule has 0 heterocycles. The van der Waals surface area contributed by atoms with Crippen molar-refractivity contribution in [2.24, 2.45) is 0 Å². The Bertz CT molecular complexity index is 345. The van der Waals surface area contributed by atoms with Crippen molar-refractivity contribution in [1.82, 2.24) is 10.2 Å². The molecule has 2 unspecified atom stereocenters. The van der Waals surface area contributed by atoms with E-state index in [0.717, 1.165) is 12.8 Å². The van der Waals surface area contributed by atoms with Crippen LogP contribution in [0.25, 0.3) is 0 Å². The normalized spacial score (nSPS) is 13.2. The Morgan fingerprint density at radius 3 is 2.00 bits per heavy atom. The fourth-order valence-corrected chi connectivity index (χ4v) is 3.15. The fraction of sp³-hybridized carbons (Fsp3) is 0.857. The zero-order valence-electron chi connectivity index (χ0n) is 17.4. The molecule has 1 amide bonds. The molecule has 0 rings (SSSR count). The van der Waals surface area contributed by atoms with Crippen LogP contribution in [0.5, 0.6) is 0 Å². The summed E-state index contributed by atoms with van der Waals surface area (Å²) in [6.45, 7) is 10.0. The van der Waals surface area contributed by atoms with Gasteiger partial charge >= 0.3 is 0 Å². The van der Waals surface area contributed by atoms with Gasteiger partial charge in [0.05, 0.1) is 0 Å². The number of carbonyl (C=O) groups excluding carboxylic acids is 1. The quantitative estimate of drug-likeness (QED) is 0.293. The molecule has 0 fully saturated rings. The summed E-state index contributed by atoms with van der Waals surface area (Å²) < 4.78 is 0. The molecule has 0 radical (unpaired) electrons. The van der Waals surface area contributed by atoms with Gasteiger partial charge in [0.2, 0.25) is 5.91 Å². The van der Waals surface area contributed by atoms with Crippen molar-refractivity contribution in [3.63, 3.8) is 0 Å². The van der Waals surface area contributed by atoms with Crippen molar-refractivity contribution in [3.05, 3.63) is 12.2 Å². The molecule has 2 atom stereocenters. The first-order valence-corrected chi connectivity index (χ1v) is 10.0. The summed E-state index contributed by atoms with van der Waals surface area (Å²) >= 11 is 0. The van der Waals surface area contributed by atoms with Gasteiger partial charge < -0.3 is 10.2 Å². The Hall–Kier alpha value is -0.540. The zero-order chi connectivity index (χ0) is 18.4. The van der Waals surface area contributed by atoms with Gasteiger partial charge in [0.25, 0.3) is 0 Å². The SMILES string of the molecule is C=C(C)C(=O)NC(CCCCCCCCC)CC(CCC)N(C)C.Cl. The number of amides is 1. The first-order valence-electron chi connectivity index (χ1n) is 10.0. The molecule has 0 aliphatic heterocycles. The van der Waals surface area contributed by atoms with Gasteiger partial charge in [0.15, 0.2) is 0 Å². The summed E-state index contributed by atoms with van der Waals surface area (Å²) in [5.74, 6) is 0.0111. The van der Waals surface area contributed by atoms with Crippen LogP contribution in [0.15, 0.2) is 12.2 Å². The summed E-state index contributed by atoms with van der Waals surface area (Å²) in [4.78, 5) is 14.3. The van der Waals surface area contributed by atoms with Crippen LogP contribution in [-0.2, 0) is 4.79 Å². The lowest BCUT2D eigenvalue weighted by Crippen LogP contribution is -2.41. The summed E-state index contributed by atoms with van der Waals surface area (Å²) in [5.41, 5.74) is 0.608. The van der Waals surface area contributed by atoms with Crippen molar-refractivity contribution in [1.29, 1.82) is 0 Å². The van der Waals surface area contributed by atoms with Crippen LogP contribution in [0.1, 0.15) is 91.4 Å². The number of nitrogens with zero attached hydrogens (tertiary/aromatic N) is 1. The van der Waals surface area contributed by atoms with Crippen molar-refractivity contribution >= 4 is 18.3 Å². The number of halogens is 1. The average Bonchev–Trinajstić information content (AvgIpc) is 2.52. The Morgan fingerprint density at radius 2 is 1.52 bits per heavy atom. The second-order valence-electron chi connectivity index (χ2n) is 7.50. The van der Waals surface area contributed by atoms with Gasteiger partial charge in [-0.25, -0.2) is 0 Å². The molecule has 0 saturated heterocycles. The minimum Gasteiger partial charge on any atom is -0.350 e. The second-order valence-corrected chi connectivity index (χ2v) is 7.50. The van der Waals surface area contributed by atoms with Crippen LogP contribution >= 0.6 is 12.4 Å². The molecule has 0 aromatic carbocycles. The maximum absolute atomic E-state index is 12.0. The van der Waals surface area contributed by atoms with E-state index >= 15 is 0 Å². The van der Waals surface area contributed by atoms with Gasteiger partial charge in [0, 0.05) is 17.7 Å². The molecule has 25 heavy (non-hydrogen) atoms. The molecule has 0 aromatic rings. The minimum absolute atomic E-state index is 0. The van der Waals surface area contributed by atoms with Crippen molar-refractivity contribution in [2.45, 2.75) is 103 Å². The zero-order valence-corrected chi connectivity index (χ0v) is 18.2. The third kappa shape index (κ3) is 14.3. The number of carbonyl (C=O) groups is 1. The smallest absolute Gasteiger partial charge is 0.246 e. The number of nitrogens with one attached hydrogen (secondary N) is 1. The van der Waals surface area contributed by atoms with E-state index in [4.69, 9.17) is 0 Å². The van der Waals surface area contributed by atoms with E-state index in [2.05, 4.69) is 44.7 Å². The van der Waals surface area contributed by atoms with Crippen LogP contribution in [-0.4, -0.2) is 37.0 Å². The van der Waals surface area contributed by atoms with Crippen LogP contribution < -0.4 is 5.32 Å². The van der Waals surface area contributed by atoms with E-state index in [9.17, 15) is 4.79 Å². The lowest BCUT2D eigenvalue weighted by Gasteiger charge is -2.29. The maximum atomic E-state index is 12.0. The molecule has 4 heteroatoms. The van der Waals surface area contributed by atoms with E-state index in [-0.39, 0.29) is 24.4 Å². The topological polar surface area (TPSA) is 32.3 Å². The maximum Gasteiger partial charge on any atom is 0.246 e. The van der Waals surface area contributed by atoms with Gasteiger partial charge in [-0.1, -0.05) is 71.8 Å². The van der Waals surface area contributed by atoms with Gasteiger partial charge in [-0.3, -0.25) is 4.79 Å². The number of rotatable bonds is 15. The summed E-state index contributed by atoms with van der Waals surface area (Å²) in [5, 5.41) is 3.21. The highest BCUT2D eigenvalue weighted by atomic mass is 35.5. The van der Waals surface area contributed by atoms with Gasteiger partial charge in [0.1, 0.15) is 0 Å². The minimum atomic E-state index is 0. The Kier molecular flexibility index (Phi) is 18.0. The molecule has 0 saturated carbocycles. The van der Waals surface area contributed by atoms with Crippen LogP contribution in [0, 0.1) is 0 Å². The first kappa shape index (κ1) is 26.7. The highest BCUT2D eigenvalue weighted by Crippen LogP contribution is 2.16. The largest absolute Gasteiger partial charge is 0.350 e. The Labute approximate surface area is 163 Å². The predicted octanol–water partition coefficient (Wildman–Crippen LogP) is 5.73. The number of hydrogen-bond acceptors (Lipinski definition) is 2. The Morgan fingerprint density at radius 1 is 0.960 bits per heavy atom. The summed E-state index contributed by atoms with van der Waals surface area (Å²) in [7, 11) is 4.29. The van der Waals surface area contributed by atoms with Gasteiger partial charge in [-0.15, -0.1) is 12.4 Å². The standard InChI is InChI=1S/C21H42N2O.ClH/c1-7-9-10-11-12-13-14-16-19(22-21(24)18(3)4)17-20(15-8-2)23(5)6;/h19-20H,3,7-17H2,1-2,4-6H3,(H,22,24);1H. The van der Waals surface area contributed by atoms with E-state index in [1.807, 2.05) is 0 Å². The summed E-state index contributed by atoms with van der Waals surface area (Å²) in [6, 6.07) is 0.804. The fourth-order valence-electron chi connectivity index (χ4n) is 3.15. The molecule has 3 nitrogen and oxygen atoms in total. The van der Waals surface area contributed by atoms with E-state index in [1.165, 1.54) is 57.8 Å². The van der Waals surface area contributed by atoms with Crippen molar-refractivity contribution < 1.29 is 4.79 Å². The first-order chi connectivity index (χ1) is 11.4. The molecule has 150 valence electrons. The van der Waals surface area contributed by atoms with Crippen LogP contribution in [0.4, 0.5) is 0 Å². The molecule has 0 aliphatic rings. The second kappa shape index (κ2) is 16.9. The van der Waals surface area contributed by atoms with E-state index in [0.29, 0.717) is 11.6 Å².